The number of nitrogens with zero attached hydrogens (tertiary/aromatic N) is 6. The highest BCUT2D eigenvalue weighted by atomic mass is 35.5. The van der Waals surface area contributed by atoms with E-state index in [2.05, 4.69) is 43.9 Å². The molecule has 0 spiro atoms. The van der Waals surface area contributed by atoms with Crippen LogP contribution in [0.15, 0.2) is 36.8 Å². The van der Waals surface area contributed by atoms with E-state index in [1.165, 1.54) is 12.3 Å². The summed E-state index contributed by atoms with van der Waals surface area (Å²) in [7, 11) is -2.16. The van der Waals surface area contributed by atoms with Gasteiger partial charge < -0.3 is 18.8 Å². The predicted molar refractivity (Wildman–Crippen MR) is 174 cm³/mol. The van der Waals surface area contributed by atoms with Crippen molar-refractivity contribution in [1.82, 2.24) is 29.3 Å². The fourth-order valence-corrected chi connectivity index (χ4v) is 6.11. The standard InChI is InChI=1S/C32H42ClFN6O4Si/c1-20-25-18-38(30(41)44-31(2,3)4)12-13-39(25)37-28(20)21-14-26(29-23(33)16-36-40(29)17-21)43-27(24-11-10-22(34)15-35-24)19-42-45(8,9)32(5,6)7/h10-11,14-17,27H,12-13,18-19H2,1-9H3. The molecule has 5 rings (SSSR count). The number of hydrogen-bond acceptors (Lipinski definition) is 7. The maximum Gasteiger partial charge on any atom is 0.410 e. The Balaban J connectivity index is 1.51. The van der Waals surface area contributed by atoms with E-state index in [-0.39, 0.29) is 17.7 Å². The van der Waals surface area contributed by atoms with Crippen LogP contribution < -0.4 is 4.74 Å². The van der Waals surface area contributed by atoms with Gasteiger partial charge >= 0.3 is 6.09 Å². The van der Waals surface area contributed by atoms with E-state index in [0.29, 0.717) is 41.6 Å². The van der Waals surface area contributed by atoms with Crippen molar-refractivity contribution >= 4 is 31.5 Å². The van der Waals surface area contributed by atoms with Crippen molar-refractivity contribution in [2.45, 2.75) is 91.4 Å². The lowest BCUT2D eigenvalue weighted by atomic mass is 10.1. The fraction of sp³-hybridized carbons (Fsp3) is 0.500. The minimum Gasteiger partial charge on any atom is -0.479 e. The minimum atomic E-state index is -2.16. The summed E-state index contributed by atoms with van der Waals surface area (Å²) in [5, 5.41) is 9.78. The number of rotatable bonds is 7. The summed E-state index contributed by atoms with van der Waals surface area (Å²) in [4.78, 5) is 18.8. The van der Waals surface area contributed by atoms with Gasteiger partial charge in [-0.25, -0.2) is 13.7 Å². The largest absolute Gasteiger partial charge is 0.479 e. The molecule has 10 nitrogen and oxygen atoms in total. The normalized spacial score (nSPS) is 14.9. The van der Waals surface area contributed by atoms with Gasteiger partial charge in [-0.05, 0) is 64.0 Å². The van der Waals surface area contributed by atoms with Gasteiger partial charge in [0.15, 0.2) is 14.4 Å². The van der Waals surface area contributed by atoms with Gasteiger partial charge in [0.1, 0.15) is 22.7 Å². The van der Waals surface area contributed by atoms with Gasteiger partial charge in [-0.15, -0.1) is 0 Å². The fourth-order valence-electron chi connectivity index (χ4n) is 4.88. The molecule has 4 aromatic rings. The summed E-state index contributed by atoms with van der Waals surface area (Å²) in [5.41, 5.74) is 3.90. The molecule has 5 heterocycles. The van der Waals surface area contributed by atoms with E-state index in [9.17, 15) is 9.18 Å². The first-order chi connectivity index (χ1) is 20.9. The smallest absolute Gasteiger partial charge is 0.410 e. The van der Waals surface area contributed by atoms with Crippen LogP contribution in [0, 0.1) is 12.7 Å². The molecule has 0 fully saturated rings. The van der Waals surface area contributed by atoms with Crippen LogP contribution in [0.25, 0.3) is 16.8 Å². The second kappa shape index (κ2) is 12.0. The summed E-state index contributed by atoms with van der Waals surface area (Å²) < 4.78 is 36.3. The molecule has 0 bridgehead atoms. The molecular formula is C32H42ClFN6O4Si. The first-order valence-electron chi connectivity index (χ1n) is 15.1. The summed E-state index contributed by atoms with van der Waals surface area (Å²) in [6.07, 6.45) is 3.60. The van der Waals surface area contributed by atoms with Crippen molar-refractivity contribution in [1.29, 1.82) is 0 Å². The second-order valence-corrected chi connectivity index (χ2v) is 19.2. The number of ether oxygens (including phenoxy) is 2. The number of pyridine rings is 2. The lowest BCUT2D eigenvalue weighted by Gasteiger charge is -2.37. The van der Waals surface area contributed by atoms with Crippen LogP contribution in [-0.4, -0.2) is 62.4 Å². The van der Waals surface area contributed by atoms with Crippen molar-refractivity contribution in [3.8, 4) is 17.0 Å². The minimum absolute atomic E-state index is 0.0213. The van der Waals surface area contributed by atoms with Crippen LogP contribution >= 0.6 is 11.6 Å². The van der Waals surface area contributed by atoms with Crippen molar-refractivity contribution < 1.29 is 23.1 Å². The van der Waals surface area contributed by atoms with E-state index < -0.39 is 25.8 Å². The molecule has 1 amide bonds. The van der Waals surface area contributed by atoms with Gasteiger partial charge in [0, 0.05) is 23.9 Å². The Kier molecular flexibility index (Phi) is 8.80. The zero-order valence-electron chi connectivity index (χ0n) is 27.4. The zero-order chi connectivity index (χ0) is 32.9. The van der Waals surface area contributed by atoms with E-state index in [1.54, 1.807) is 21.7 Å². The van der Waals surface area contributed by atoms with Gasteiger partial charge in [-0.1, -0.05) is 32.4 Å². The third kappa shape index (κ3) is 7.02. The van der Waals surface area contributed by atoms with Gasteiger partial charge in [-0.3, -0.25) is 9.67 Å². The molecule has 45 heavy (non-hydrogen) atoms. The van der Waals surface area contributed by atoms with Crippen LogP contribution in [-0.2, 0) is 22.3 Å². The summed E-state index contributed by atoms with van der Waals surface area (Å²) in [6, 6.07) is 4.86. The van der Waals surface area contributed by atoms with E-state index in [1.807, 2.05) is 44.6 Å². The topological polar surface area (TPSA) is 96.0 Å². The number of carbonyl (C=O) groups is 1. The summed E-state index contributed by atoms with van der Waals surface area (Å²) in [6.45, 7) is 20.0. The van der Waals surface area contributed by atoms with E-state index >= 15 is 0 Å². The van der Waals surface area contributed by atoms with Gasteiger partial charge in [0.05, 0.1) is 54.2 Å². The maximum atomic E-state index is 13.9. The maximum absolute atomic E-state index is 13.9. The highest BCUT2D eigenvalue weighted by Crippen LogP contribution is 2.39. The van der Waals surface area contributed by atoms with Gasteiger partial charge in [0.25, 0.3) is 0 Å². The molecule has 0 aliphatic carbocycles. The van der Waals surface area contributed by atoms with Crippen molar-refractivity contribution in [2.24, 2.45) is 0 Å². The molecule has 1 unspecified atom stereocenters. The number of halogens is 2. The highest BCUT2D eigenvalue weighted by molar-refractivity contribution is 6.74. The molecule has 1 aliphatic heterocycles. The number of fused-ring (bicyclic) bond motifs is 2. The molecule has 1 aliphatic rings. The zero-order valence-corrected chi connectivity index (χ0v) is 29.2. The quantitative estimate of drug-likeness (QED) is 0.189. The second-order valence-electron chi connectivity index (χ2n) is 14.0. The Hall–Kier alpha value is -3.48. The number of aromatic nitrogens is 5. The molecular weight excluding hydrogens is 615 g/mol. The average Bonchev–Trinajstić information content (AvgIpc) is 3.49. The molecule has 0 aromatic carbocycles. The Morgan fingerprint density at radius 3 is 2.51 bits per heavy atom. The van der Waals surface area contributed by atoms with Crippen molar-refractivity contribution in [3.63, 3.8) is 0 Å². The van der Waals surface area contributed by atoms with Crippen LogP contribution in [0.3, 0.4) is 0 Å². The summed E-state index contributed by atoms with van der Waals surface area (Å²) in [5.74, 6) is 0.0289. The lowest BCUT2D eigenvalue weighted by Crippen LogP contribution is -2.42. The van der Waals surface area contributed by atoms with E-state index in [4.69, 9.17) is 30.6 Å². The van der Waals surface area contributed by atoms with Crippen LogP contribution in [0.1, 0.15) is 64.6 Å². The first-order valence-corrected chi connectivity index (χ1v) is 18.4. The molecule has 0 radical (unpaired) electrons. The molecule has 0 N–H and O–H groups in total. The number of hydrogen-bond donors (Lipinski definition) is 0. The highest BCUT2D eigenvalue weighted by Gasteiger charge is 2.38. The molecule has 0 saturated heterocycles. The molecule has 242 valence electrons. The lowest BCUT2D eigenvalue weighted by molar-refractivity contribution is 0.0194. The van der Waals surface area contributed by atoms with Gasteiger partial charge in [-0.2, -0.15) is 10.2 Å². The SMILES string of the molecule is Cc1c(-c2cc(OC(CO[Si](C)(C)C(C)(C)C)c3ccc(F)cn3)c3c(Cl)cnn3c2)nn2c1CN(C(=O)OC(C)(C)C)CC2. The average molecular weight is 657 g/mol. The first kappa shape index (κ1) is 32.9. The van der Waals surface area contributed by atoms with Crippen LogP contribution in [0.2, 0.25) is 23.2 Å². The summed E-state index contributed by atoms with van der Waals surface area (Å²) >= 11 is 6.62. The third-order valence-corrected chi connectivity index (χ3v) is 13.2. The molecule has 1 atom stereocenters. The van der Waals surface area contributed by atoms with Crippen LogP contribution in [0.5, 0.6) is 5.75 Å². The van der Waals surface area contributed by atoms with Crippen molar-refractivity contribution in [2.75, 3.05) is 13.2 Å². The van der Waals surface area contributed by atoms with Gasteiger partial charge in [0.2, 0.25) is 0 Å². The molecule has 4 aromatic heterocycles. The third-order valence-electron chi connectivity index (χ3n) is 8.45. The van der Waals surface area contributed by atoms with E-state index in [0.717, 1.165) is 22.5 Å². The monoisotopic (exact) mass is 656 g/mol. The van der Waals surface area contributed by atoms with Crippen LogP contribution in [0.4, 0.5) is 9.18 Å². The Morgan fingerprint density at radius 1 is 1.13 bits per heavy atom. The number of carbonyl (C=O) groups excluding carboxylic acids is 1. The Labute approximate surface area is 269 Å². The molecule has 13 heteroatoms. The number of amides is 1. The molecule has 0 saturated carbocycles. The predicted octanol–water partition coefficient (Wildman–Crippen LogP) is 7.59. The Morgan fingerprint density at radius 2 is 1.87 bits per heavy atom. The van der Waals surface area contributed by atoms with Crippen molar-refractivity contribution in [3.05, 3.63) is 64.6 Å². The Bertz CT molecular complexity index is 1710.